The van der Waals surface area contributed by atoms with Gasteiger partial charge in [0.05, 0.1) is 11.2 Å². The zero-order chi connectivity index (χ0) is 19.1. The molecule has 1 aromatic heterocycles. The van der Waals surface area contributed by atoms with Gasteiger partial charge in [-0.1, -0.05) is 0 Å². The van der Waals surface area contributed by atoms with Crippen LogP contribution in [0.3, 0.4) is 0 Å². The Kier molecular flexibility index (Phi) is 5.01. The lowest BCUT2D eigenvalue weighted by molar-refractivity contribution is -0.127. The van der Waals surface area contributed by atoms with E-state index < -0.39 is 7.12 Å². The van der Waals surface area contributed by atoms with Crippen LogP contribution in [0.2, 0.25) is 0 Å². The highest BCUT2D eigenvalue weighted by Crippen LogP contribution is 2.36. The molecule has 1 aromatic rings. The van der Waals surface area contributed by atoms with Gasteiger partial charge in [-0.2, -0.15) is 0 Å². The van der Waals surface area contributed by atoms with E-state index in [2.05, 4.69) is 9.97 Å². The normalized spacial score (nSPS) is 24.2. The fourth-order valence-electron chi connectivity index (χ4n) is 3.37. The molecule has 1 atom stereocenters. The first-order chi connectivity index (χ1) is 12.1. The fourth-order valence-corrected chi connectivity index (χ4v) is 3.37. The molecule has 3 rings (SSSR count). The lowest BCUT2D eigenvalue weighted by Gasteiger charge is -2.32. The molecular formula is C18H29BN4O3. The van der Waals surface area contributed by atoms with Gasteiger partial charge >= 0.3 is 7.12 Å². The SMILES string of the molecule is CC(=O)N1CCC(CN(C)c2ncc(B3OC(C)(C)C(C)(C)O3)cn2)C1. The Morgan fingerprint density at radius 1 is 1.27 bits per heavy atom. The third kappa shape index (κ3) is 3.71. The van der Waals surface area contributed by atoms with Gasteiger partial charge in [0, 0.05) is 51.5 Å². The minimum Gasteiger partial charge on any atom is -0.399 e. The summed E-state index contributed by atoms with van der Waals surface area (Å²) in [4.78, 5) is 24.4. The van der Waals surface area contributed by atoms with Crippen molar-refractivity contribution in [2.45, 2.75) is 52.2 Å². The van der Waals surface area contributed by atoms with Crippen molar-refractivity contribution in [1.29, 1.82) is 0 Å². The molecule has 0 spiro atoms. The Labute approximate surface area is 156 Å². The highest BCUT2D eigenvalue weighted by atomic mass is 16.7. The predicted octanol–water partition coefficient (Wildman–Crippen LogP) is 1.08. The van der Waals surface area contributed by atoms with E-state index in [1.165, 1.54) is 0 Å². The smallest absolute Gasteiger partial charge is 0.399 e. The first-order valence-electron chi connectivity index (χ1n) is 9.23. The van der Waals surface area contributed by atoms with E-state index >= 15 is 0 Å². The third-order valence-electron chi connectivity index (χ3n) is 5.79. The van der Waals surface area contributed by atoms with E-state index in [1.54, 1.807) is 19.3 Å². The quantitative estimate of drug-likeness (QED) is 0.749. The number of hydrogen-bond donors (Lipinski definition) is 0. The van der Waals surface area contributed by atoms with Crippen molar-refractivity contribution in [2.24, 2.45) is 5.92 Å². The highest BCUT2D eigenvalue weighted by molar-refractivity contribution is 6.61. The first kappa shape index (κ1) is 19.1. The molecule has 26 heavy (non-hydrogen) atoms. The summed E-state index contributed by atoms with van der Waals surface area (Å²) in [6.07, 6.45) is 4.57. The molecule has 8 heteroatoms. The maximum Gasteiger partial charge on any atom is 0.498 e. The monoisotopic (exact) mass is 360 g/mol. The van der Waals surface area contributed by atoms with Crippen molar-refractivity contribution in [3.8, 4) is 0 Å². The van der Waals surface area contributed by atoms with Crippen LogP contribution in [0.1, 0.15) is 41.0 Å². The lowest BCUT2D eigenvalue weighted by atomic mass is 9.81. The van der Waals surface area contributed by atoms with Crippen LogP contribution >= 0.6 is 0 Å². The van der Waals surface area contributed by atoms with Gasteiger partial charge in [0.1, 0.15) is 0 Å². The molecule has 2 aliphatic rings. The van der Waals surface area contributed by atoms with Crippen molar-refractivity contribution in [1.82, 2.24) is 14.9 Å². The van der Waals surface area contributed by atoms with Crippen LogP contribution in [0, 0.1) is 5.92 Å². The molecule has 1 unspecified atom stereocenters. The number of rotatable bonds is 4. The molecule has 0 bridgehead atoms. The molecule has 0 aromatic carbocycles. The van der Waals surface area contributed by atoms with E-state index in [1.807, 2.05) is 44.5 Å². The third-order valence-corrected chi connectivity index (χ3v) is 5.79. The predicted molar refractivity (Wildman–Crippen MR) is 101 cm³/mol. The summed E-state index contributed by atoms with van der Waals surface area (Å²) >= 11 is 0. The molecule has 2 fully saturated rings. The number of anilines is 1. The van der Waals surface area contributed by atoms with Crippen LogP contribution in [0.5, 0.6) is 0 Å². The van der Waals surface area contributed by atoms with Crippen LogP contribution in [0.25, 0.3) is 0 Å². The topological polar surface area (TPSA) is 67.8 Å². The van der Waals surface area contributed by atoms with E-state index in [0.717, 1.165) is 31.5 Å². The van der Waals surface area contributed by atoms with Crippen molar-refractivity contribution < 1.29 is 14.1 Å². The molecule has 0 aliphatic carbocycles. The molecule has 0 saturated carbocycles. The number of hydrogen-bond acceptors (Lipinski definition) is 6. The van der Waals surface area contributed by atoms with Crippen molar-refractivity contribution in [2.75, 3.05) is 31.6 Å². The van der Waals surface area contributed by atoms with Crippen molar-refractivity contribution in [3.05, 3.63) is 12.4 Å². The molecule has 2 aliphatic heterocycles. The van der Waals surface area contributed by atoms with Crippen molar-refractivity contribution in [3.63, 3.8) is 0 Å². The Bertz CT molecular complexity index is 649. The van der Waals surface area contributed by atoms with E-state index in [9.17, 15) is 4.79 Å². The number of nitrogens with zero attached hydrogens (tertiary/aromatic N) is 4. The minimum atomic E-state index is -0.446. The second-order valence-corrected chi connectivity index (χ2v) is 8.40. The summed E-state index contributed by atoms with van der Waals surface area (Å²) < 4.78 is 12.1. The zero-order valence-electron chi connectivity index (χ0n) is 16.7. The van der Waals surface area contributed by atoms with Crippen molar-refractivity contribution >= 4 is 24.4 Å². The summed E-state index contributed by atoms with van der Waals surface area (Å²) in [5, 5.41) is 0. The van der Waals surface area contributed by atoms with Gasteiger partial charge in [-0.15, -0.1) is 0 Å². The number of aromatic nitrogens is 2. The van der Waals surface area contributed by atoms with Crippen LogP contribution in [0.4, 0.5) is 5.95 Å². The zero-order valence-corrected chi connectivity index (χ0v) is 16.7. The van der Waals surface area contributed by atoms with Gasteiger partial charge in [-0.05, 0) is 40.0 Å². The van der Waals surface area contributed by atoms with Gasteiger partial charge in [-0.25, -0.2) is 9.97 Å². The maximum atomic E-state index is 11.5. The number of carbonyl (C=O) groups is 1. The average molecular weight is 360 g/mol. The lowest BCUT2D eigenvalue weighted by Crippen LogP contribution is -2.41. The summed E-state index contributed by atoms with van der Waals surface area (Å²) in [6, 6.07) is 0. The fraction of sp³-hybridized carbons (Fsp3) is 0.722. The average Bonchev–Trinajstić information content (AvgIpc) is 3.10. The van der Waals surface area contributed by atoms with Crippen LogP contribution in [-0.2, 0) is 14.1 Å². The molecule has 7 nitrogen and oxygen atoms in total. The number of carbonyl (C=O) groups excluding carboxylic acids is 1. The first-order valence-corrected chi connectivity index (χ1v) is 9.23. The Balaban J connectivity index is 1.60. The van der Waals surface area contributed by atoms with Crippen LogP contribution in [-0.4, -0.2) is 65.8 Å². The highest BCUT2D eigenvalue weighted by Gasteiger charge is 2.52. The van der Waals surface area contributed by atoms with Gasteiger partial charge in [-0.3, -0.25) is 4.79 Å². The summed E-state index contributed by atoms with van der Waals surface area (Å²) in [7, 11) is 1.54. The molecule has 3 heterocycles. The van der Waals surface area contributed by atoms with Gasteiger partial charge in [0.15, 0.2) is 0 Å². The Hall–Kier alpha value is -1.67. The van der Waals surface area contributed by atoms with E-state index in [4.69, 9.17) is 9.31 Å². The minimum absolute atomic E-state index is 0.151. The van der Waals surface area contributed by atoms with Crippen LogP contribution < -0.4 is 10.4 Å². The second-order valence-electron chi connectivity index (χ2n) is 8.40. The largest absolute Gasteiger partial charge is 0.498 e. The summed E-state index contributed by atoms with van der Waals surface area (Å²) in [6.45, 7) is 12.2. The number of likely N-dealkylation sites (tertiary alicyclic amines) is 1. The molecule has 2 saturated heterocycles. The Morgan fingerprint density at radius 3 is 2.35 bits per heavy atom. The van der Waals surface area contributed by atoms with E-state index in [0.29, 0.717) is 11.9 Å². The van der Waals surface area contributed by atoms with Gasteiger partial charge in [0.2, 0.25) is 11.9 Å². The summed E-state index contributed by atoms with van der Waals surface area (Å²) in [5.74, 6) is 1.28. The molecule has 142 valence electrons. The molecular weight excluding hydrogens is 331 g/mol. The van der Waals surface area contributed by atoms with E-state index in [-0.39, 0.29) is 17.1 Å². The molecule has 1 amide bonds. The van der Waals surface area contributed by atoms with Gasteiger partial charge in [0.25, 0.3) is 0 Å². The standard InChI is InChI=1S/C18H29BN4O3/c1-13(24)23-8-7-14(12-23)11-22(6)16-20-9-15(10-21-16)19-25-17(2,3)18(4,5)26-19/h9-10,14H,7-8,11-12H2,1-6H3. The van der Waals surface area contributed by atoms with Gasteiger partial charge < -0.3 is 19.1 Å². The van der Waals surface area contributed by atoms with Crippen LogP contribution in [0.15, 0.2) is 12.4 Å². The molecule has 0 N–H and O–H groups in total. The maximum absolute atomic E-state index is 11.5. The number of amides is 1. The molecule has 0 radical (unpaired) electrons. The Morgan fingerprint density at radius 2 is 1.85 bits per heavy atom. The second kappa shape index (κ2) is 6.81. The summed E-state index contributed by atoms with van der Waals surface area (Å²) in [5.41, 5.74) is 0.0699.